The lowest BCUT2D eigenvalue weighted by atomic mass is 10.0. The Bertz CT molecular complexity index is 1220. The molecule has 2 N–H and O–H groups in total. The molecule has 0 spiro atoms. The maximum atomic E-state index is 13.0. The number of nitrogens with one attached hydrogen (secondary N) is 2. The second-order valence-corrected chi connectivity index (χ2v) is 10.2. The van der Waals surface area contributed by atoms with Crippen LogP contribution in [-0.4, -0.2) is 38.3 Å². The predicted molar refractivity (Wildman–Crippen MR) is 133 cm³/mol. The zero-order valence-corrected chi connectivity index (χ0v) is 19.6. The highest BCUT2D eigenvalue weighted by atomic mass is 32.2. The number of aryl methyl sites for hydroxylation is 1. The molecular weight excluding hydrogens is 434 g/mol. The summed E-state index contributed by atoms with van der Waals surface area (Å²) >= 11 is 0. The van der Waals surface area contributed by atoms with Gasteiger partial charge < -0.3 is 10.6 Å². The van der Waals surface area contributed by atoms with E-state index in [0.717, 1.165) is 41.6 Å². The Balaban J connectivity index is 1.46. The first kappa shape index (κ1) is 23.0. The highest BCUT2D eigenvalue weighted by molar-refractivity contribution is 7.89. The van der Waals surface area contributed by atoms with Crippen LogP contribution in [0.15, 0.2) is 77.7 Å². The van der Waals surface area contributed by atoms with Crippen LogP contribution in [-0.2, 0) is 14.8 Å². The van der Waals surface area contributed by atoms with Crippen molar-refractivity contribution in [1.29, 1.82) is 0 Å². The average molecular weight is 464 g/mol. The second-order valence-electron chi connectivity index (χ2n) is 8.25. The fraction of sp³-hybridized carbons (Fsp3) is 0.269. The molecule has 0 atom stereocenters. The Morgan fingerprint density at radius 2 is 1.58 bits per heavy atom. The fourth-order valence-electron chi connectivity index (χ4n) is 4.03. The fourth-order valence-corrected chi connectivity index (χ4v) is 5.57. The third kappa shape index (κ3) is 5.43. The number of nitrogens with zero attached hydrogens (tertiary/aromatic N) is 1. The Labute approximate surface area is 195 Å². The standard InChI is InChI=1S/C26H29N3O3S/c1-20-14-15-22(33(31,32)29-16-8-3-9-17-29)18-25(20)28-26(30)19-27-24-13-7-6-12-23(24)21-10-4-2-5-11-21/h2,4-7,10-15,18,27H,3,8-9,16-17,19H2,1H3,(H,28,30). The summed E-state index contributed by atoms with van der Waals surface area (Å²) in [6.07, 6.45) is 2.82. The Hall–Kier alpha value is -3.16. The van der Waals surface area contributed by atoms with Crippen molar-refractivity contribution >= 4 is 27.3 Å². The van der Waals surface area contributed by atoms with Crippen LogP contribution < -0.4 is 10.6 Å². The van der Waals surface area contributed by atoms with Gasteiger partial charge in [0.15, 0.2) is 0 Å². The van der Waals surface area contributed by atoms with Crippen LogP contribution in [0.3, 0.4) is 0 Å². The summed E-state index contributed by atoms with van der Waals surface area (Å²) in [6.45, 7) is 3.00. The SMILES string of the molecule is Cc1ccc(S(=O)(=O)N2CCCCC2)cc1NC(=O)CNc1ccccc1-c1ccccc1. The minimum Gasteiger partial charge on any atom is -0.376 e. The van der Waals surface area contributed by atoms with Gasteiger partial charge in [0.2, 0.25) is 15.9 Å². The maximum absolute atomic E-state index is 13.0. The number of benzene rings is 3. The topological polar surface area (TPSA) is 78.5 Å². The molecule has 0 bridgehead atoms. The number of carbonyl (C=O) groups is 1. The highest BCUT2D eigenvalue weighted by Gasteiger charge is 2.26. The van der Waals surface area contributed by atoms with Gasteiger partial charge in [-0.3, -0.25) is 4.79 Å². The van der Waals surface area contributed by atoms with Gasteiger partial charge in [-0.05, 0) is 49.1 Å². The van der Waals surface area contributed by atoms with E-state index in [-0.39, 0.29) is 17.3 Å². The lowest BCUT2D eigenvalue weighted by Crippen LogP contribution is -2.35. The molecule has 0 radical (unpaired) electrons. The summed E-state index contributed by atoms with van der Waals surface area (Å²) in [5.74, 6) is -0.242. The molecule has 1 aliphatic rings. The average Bonchev–Trinajstić information content (AvgIpc) is 2.85. The number of sulfonamides is 1. The molecule has 4 rings (SSSR count). The monoisotopic (exact) mass is 463 g/mol. The van der Waals surface area contributed by atoms with Gasteiger partial charge in [-0.2, -0.15) is 4.31 Å². The first-order valence-corrected chi connectivity index (χ1v) is 12.7. The molecule has 33 heavy (non-hydrogen) atoms. The number of para-hydroxylation sites is 1. The molecule has 1 heterocycles. The summed E-state index contributed by atoms with van der Waals surface area (Å²) in [5, 5.41) is 6.08. The number of piperidine rings is 1. The summed E-state index contributed by atoms with van der Waals surface area (Å²) in [7, 11) is -3.56. The van der Waals surface area contributed by atoms with Gasteiger partial charge in [0.05, 0.1) is 11.4 Å². The molecule has 1 aliphatic heterocycles. The van der Waals surface area contributed by atoms with Crippen LogP contribution in [0.25, 0.3) is 11.1 Å². The van der Waals surface area contributed by atoms with Crippen LogP contribution in [0.1, 0.15) is 24.8 Å². The predicted octanol–water partition coefficient (Wildman–Crippen LogP) is 4.89. The zero-order chi connectivity index (χ0) is 23.3. The van der Waals surface area contributed by atoms with E-state index in [1.807, 2.05) is 61.5 Å². The number of hydrogen-bond acceptors (Lipinski definition) is 4. The molecule has 0 aliphatic carbocycles. The first-order chi connectivity index (χ1) is 15.9. The largest absolute Gasteiger partial charge is 0.376 e. The van der Waals surface area contributed by atoms with Crippen molar-refractivity contribution in [1.82, 2.24) is 4.31 Å². The molecule has 1 amide bonds. The first-order valence-electron chi connectivity index (χ1n) is 11.2. The highest BCUT2D eigenvalue weighted by Crippen LogP contribution is 2.28. The lowest BCUT2D eigenvalue weighted by molar-refractivity contribution is -0.114. The maximum Gasteiger partial charge on any atom is 0.243 e. The van der Waals surface area contributed by atoms with E-state index in [2.05, 4.69) is 10.6 Å². The summed E-state index contributed by atoms with van der Waals surface area (Å²) < 4.78 is 27.6. The molecule has 1 fully saturated rings. The van der Waals surface area contributed by atoms with E-state index < -0.39 is 10.0 Å². The van der Waals surface area contributed by atoms with E-state index in [1.54, 1.807) is 18.2 Å². The van der Waals surface area contributed by atoms with Gasteiger partial charge in [-0.1, -0.05) is 61.0 Å². The molecule has 3 aromatic rings. The summed E-state index contributed by atoms with van der Waals surface area (Å²) in [6, 6.07) is 22.7. The molecule has 1 saturated heterocycles. The lowest BCUT2D eigenvalue weighted by Gasteiger charge is -2.26. The number of carbonyl (C=O) groups excluding carboxylic acids is 1. The molecule has 7 heteroatoms. The van der Waals surface area contributed by atoms with Crippen LogP contribution in [0, 0.1) is 6.92 Å². The van der Waals surface area contributed by atoms with Gasteiger partial charge in [0.25, 0.3) is 0 Å². The van der Waals surface area contributed by atoms with Crippen LogP contribution >= 0.6 is 0 Å². The van der Waals surface area contributed by atoms with E-state index in [9.17, 15) is 13.2 Å². The Morgan fingerprint density at radius 3 is 2.33 bits per heavy atom. The second kappa shape index (κ2) is 10.2. The van der Waals surface area contributed by atoms with Crippen LogP contribution in [0.4, 0.5) is 11.4 Å². The van der Waals surface area contributed by atoms with Crippen molar-refractivity contribution in [2.24, 2.45) is 0 Å². The number of anilines is 2. The third-order valence-electron chi connectivity index (χ3n) is 5.89. The quantitative estimate of drug-likeness (QED) is 0.523. The van der Waals surface area contributed by atoms with Gasteiger partial charge in [-0.15, -0.1) is 0 Å². The third-order valence-corrected chi connectivity index (χ3v) is 7.78. The number of rotatable bonds is 7. The van der Waals surface area contributed by atoms with Crippen molar-refractivity contribution in [2.75, 3.05) is 30.3 Å². The van der Waals surface area contributed by atoms with Crippen molar-refractivity contribution in [3.63, 3.8) is 0 Å². The molecule has 172 valence electrons. The van der Waals surface area contributed by atoms with Gasteiger partial charge in [0.1, 0.15) is 0 Å². The number of amides is 1. The van der Waals surface area contributed by atoms with E-state index >= 15 is 0 Å². The van der Waals surface area contributed by atoms with Gasteiger partial charge in [-0.25, -0.2) is 8.42 Å². The van der Waals surface area contributed by atoms with E-state index in [1.165, 1.54) is 4.31 Å². The number of hydrogen-bond donors (Lipinski definition) is 2. The minimum atomic E-state index is -3.56. The summed E-state index contributed by atoms with van der Waals surface area (Å²) in [4.78, 5) is 12.9. The molecule has 0 saturated carbocycles. The van der Waals surface area contributed by atoms with E-state index in [0.29, 0.717) is 18.8 Å². The normalized spacial score (nSPS) is 14.6. The van der Waals surface area contributed by atoms with Crippen molar-refractivity contribution < 1.29 is 13.2 Å². The molecule has 0 unspecified atom stereocenters. The van der Waals surface area contributed by atoms with Crippen molar-refractivity contribution in [3.05, 3.63) is 78.4 Å². The van der Waals surface area contributed by atoms with Crippen LogP contribution in [0.5, 0.6) is 0 Å². The Morgan fingerprint density at radius 1 is 0.879 bits per heavy atom. The van der Waals surface area contributed by atoms with Crippen molar-refractivity contribution in [2.45, 2.75) is 31.1 Å². The summed E-state index contributed by atoms with van der Waals surface area (Å²) in [5.41, 5.74) is 4.25. The molecule has 0 aromatic heterocycles. The molecular formula is C26H29N3O3S. The van der Waals surface area contributed by atoms with E-state index in [4.69, 9.17) is 0 Å². The minimum absolute atomic E-state index is 0.0619. The Kier molecular flexibility index (Phi) is 7.11. The van der Waals surface area contributed by atoms with Crippen molar-refractivity contribution in [3.8, 4) is 11.1 Å². The van der Waals surface area contributed by atoms with Crippen LogP contribution in [0.2, 0.25) is 0 Å². The van der Waals surface area contributed by atoms with Gasteiger partial charge in [0, 0.05) is 30.0 Å². The molecule has 3 aromatic carbocycles. The zero-order valence-electron chi connectivity index (χ0n) is 18.8. The smallest absolute Gasteiger partial charge is 0.243 e. The molecule has 6 nitrogen and oxygen atoms in total. The van der Waals surface area contributed by atoms with Gasteiger partial charge >= 0.3 is 0 Å².